The Morgan fingerprint density at radius 2 is 1.67 bits per heavy atom. The number of benzene rings is 2. The minimum atomic E-state index is -0.0257. The number of nitrogens with zero attached hydrogens (tertiary/aromatic N) is 2. The zero-order valence-electron chi connectivity index (χ0n) is 17.7. The van der Waals surface area contributed by atoms with Gasteiger partial charge < -0.3 is 15.0 Å². The molecule has 0 aromatic heterocycles. The molecule has 1 saturated heterocycles. The van der Waals surface area contributed by atoms with E-state index in [1.54, 1.807) is 30.3 Å². The van der Waals surface area contributed by atoms with E-state index in [1.807, 2.05) is 36.9 Å². The van der Waals surface area contributed by atoms with Crippen LogP contribution in [0.5, 0.6) is 5.75 Å². The zero-order valence-corrected chi connectivity index (χ0v) is 17.7. The molecule has 1 N–H and O–H groups in total. The van der Waals surface area contributed by atoms with Gasteiger partial charge in [-0.25, -0.2) is 0 Å². The fourth-order valence-electron chi connectivity index (χ4n) is 3.53. The quantitative estimate of drug-likeness (QED) is 0.716. The number of piperazine rings is 1. The van der Waals surface area contributed by atoms with Gasteiger partial charge in [0, 0.05) is 37.4 Å². The van der Waals surface area contributed by atoms with Crippen LogP contribution in [0.2, 0.25) is 0 Å². The lowest BCUT2D eigenvalue weighted by Gasteiger charge is -2.34. The summed E-state index contributed by atoms with van der Waals surface area (Å²) in [5.74, 6) is 0.693. The molecule has 0 unspecified atom stereocenters. The molecule has 1 aliphatic rings. The molecule has 1 heterocycles. The van der Waals surface area contributed by atoms with E-state index in [4.69, 9.17) is 4.74 Å². The van der Waals surface area contributed by atoms with Gasteiger partial charge in [-0.3, -0.25) is 14.5 Å². The summed E-state index contributed by atoms with van der Waals surface area (Å²) in [4.78, 5) is 29.1. The SMILES string of the molecule is C=CCOc1ccc(C(=O)N2CCN(CC(=O)Nc3c(C)cccc3C)CC2)cc1. The maximum atomic E-state index is 12.7. The molecule has 2 aromatic carbocycles. The van der Waals surface area contributed by atoms with Gasteiger partial charge in [-0.15, -0.1) is 0 Å². The summed E-state index contributed by atoms with van der Waals surface area (Å²) in [6.07, 6.45) is 1.68. The molecule has 3 rings (SSSR count). The smallest absolute Gasteiger partial charge is 0.253 e. The molecule has 158 valence electrons. The summed E-state index contributed by atoms with van der Waals surface area (Å²) < 4.78 is 5.46. The van der Waals surface area contributed by atoms with Crippen molar-refractivity contribution in [2.45, 2.75) is 13.8 Å². The summed E-state index contributed by atoms with van der Waals surface area (Å²) in [5, 5.41) is 3.03. The fourth-order valence-corrected chi connectivity index (χ4v) is 3.53. The molecule has 0 radical (unpaired) electrons. The molecular formula is C24H29N3O3. The molecule has 0 aliphatic carbocycles. The first-order chi connectivity index (χ1) is 14.5. The monoisotopic (exact) mass is 407 g/mol. The predicted octanol–water partition coefficient (Wildman–Crippen LogP) is 3.26. The fraction of sp³-hybridized carbons (Fsp3) is 0.333. The largest absolute Gasteiger partial charge is 0.490 e. The average Bonchev–Trinajstić information content (AvgIpc) is 2.75. The molecular weight excluding hydrogens is 378 g/mol. The summed E-state index contributed by atoms with van der Waals surface area (Å²) in [6.45, 7) is 10.9. The summed E-state index contributed by atoms with van der Waals surface area (Å²) in [5.41, 5.74) is 3.64. The van der Waals surface area contributed by atoms with E-state index in [-0.39, 0.29) is 11.8 Å². The van der Waals surface area contributed by atoms with Crippen LogP contribution >= 0.6 is 0 Å². The predicted molar refractivity (Wildman–Crippen MR) is 119 cm³/mol. The lowest BCUT2D eigenvalue weighted by molar-refractivity contribution is -0.117. The average molecular weight is 408 g/mol. The van der Waals surface area contributed by atoms with Gasteiger partial charge in [0.25, 0.3) is 5.91 Å². The van der Waals surface area contributed by atoms with Gasteiger partial charge in [-0.2, -0.15) is 0 Å². The van der Waals surface area contributed by atoms with Crippen LogP contribution in [-0.2, 0) is 4.79 Å². The van der Waals surface area contributed by atoms with Crippen molar-refractivity contribution in [3.05, 3.63) is 71.8 Å². The molecule has 0 atom stereocenters. The van der Waals surface area contributed by atoms with Crippen molar-refractivity contribution in [2.75, 3.05) is 44.6 Å². The van der Waals surface area contributed by atoms with Crippen LogP contribution in [0, 0.1) is 13.8 Å². The molecule has 0 saturated carbocycles. The number of amides is 2. The molecule has 2 amide bonds. The van der Waals surface area contributed by atoms with Crippen LogP contribution in [-0.4, -0.2) is 60.9 Å². The Bertz CT molecular complexity index is 880. The first-order valence-corrected chi connectivity index (χ1v) is 10.2. The number of hydrogen-bond acceptors (Lipinski definition) is 4. The normalized spacial score (nSPS) is 14.3. The molecule has 0 spiro atoms. The van der Waals surface area contributed by atoms with E-state index >= 15 is 0 Å². The summed E-state index contributed by atoms with van der Waals surface area (Å²) in [7, 11) is 0. The maximum absolute atomic E-state index is 12.7. The van der Waals surface area contributed by atoms with Crippen molar-refractivity contribution >= 4 is 17.5 Å². The van der Waals surface area contributed by atoms with E-state index in [2.05, 4.69) is 16.8 Å². The number of nitrogens with one attached hydrogen (secondary N) is 1. The number of rotatable bonds is 7. The van der Waals surface area contributed by atoms with Crippen molar-refractivity contribution < 1.29 is 14.3 Å². The highest BCUT2D eigenvalue weighted by Gasteiger charge is 2.23. The van der Waals surface area contributed by atoms with Crippen molar-refractivity contribution in [1.82, 2.24) is 9.80 Å². The molecule has 6 heteroatoms. The summed E-state index contributed by atoms with van der Waals surface area (Å²) >= 11 is 0. The second-order valence-electron chi connectivity index (χ2n) is 7.51. The van der Waals surface area contributed by atoms with Crippen LogP contribution in [0.3, 0.4) is 0 Å². The van der Waals surface area contributed by atoms with Crippen LogP contribution < -0.4 is 10.1 Å². The van der Waals surface area contributed by atoms with Crippen molar-refractivity contribution in [2.24, 2.45) is 0 Å². The highest BCUT2D eigenvalue weighted by molar-refractivity contribution is 5.95. The van der Waals surface area contributed by atoms with E-state index in [1.165, 1.54) is 0 Å². The maximum Gasteiger partial charge on any atom is 0.253 e. The topological polar surface area (TPSA) is 61.9 Å². The second-order valence-corrected chi connectivity index (χ2v) is 7.51. The first-order valence-electron chi connectivity index (χ1n) is 10.2. The standard InChI is InChI=1S/C24H29N3O3/c1-4-16-30-21-10-8-20(9-11-21)24(29)27-14-12-26(13-15-27)17-22(28)25-23-18(2)6-5-7-19(23)3/h4-11H,1,12-17H2,2-3H3,(H,25,28). The Hall–Kier alpha value is -3.12. The van der Waals surface area contributed by atoms with E-state index in [0.717, 1.165) is 16.8 Å². The van der Waals surface area contributed by atoms with Gasteiger partial charge >= 0.3 is 0 Å². The Balaban J connectivity index is 1.49. The third-order valence-electron chi connectivity index (χ3n) is 5.24. The Labute approximate surface area is 178 Å². The highest BCUT2D eigenvalue weighted by Crippen LogP contribution is 2.19. The van der Waals surface area contributed by atoms with Gasteiger partial charge in [0.2, 0.25) is 5.91 Å². The third kappa shape index (κ3) is 5.48. The van der Waals surface area contributed by atoms with Gasteiger partial charge in [-0.1, -0.05) is 30.9 Å². The summed E-state index contributed by atoms with van der Waals surface area (Å²) in [6, 6.07) is 13.1. The molecule has 30 heavy (non-hydrogen) atoms. The number of carbonyl (C=O) groups is 2. The Morgan fingerprint density at radius 1 is 1.03 bits per heavy atom. The number of hydrogen-bond donors (Lipinski definition) is 1. The highest BCUT2D eigenvalue weighted by atomic mass is 16.5. The zero-order chi connectivity index (χ0) is 21.5. The third-order valence-corrected chi connectivity index (χ3v) is 5.24. The van der Waals surface area contributed by atoms with Crippen molar-refractivity contribution in [3.8, 4) is 5.75 Å². The second kappa shape index (κ2) is 10.1. The molecule has 1 aliphatic heterocycles. The van der Waals surface area contributed by atoms with E-state index in [9.17, 15) is 9.59 Å². The number of ether oxygens (including phenoxy) is 1. The first kappa shape index (κ1) is 21.6. The Kier molecular flexibility index (Phi) is 7.25. The van der Waals surface area contributed by atoms with Gasteiger partial charge in [0.15, 0.2) is 0 Å². The molecule has 1 fully saturated rings. The van der Waals surface area contributed by atoms with Crippen LogP contribution in [0.4, 0.5) is 5.69 Å². The van der Waals surface area contributed by atoms with Gasteiger partial charge in [0.1, 0.15) is 12.4 Å². The minimum Gasteiger partial charge on any atom is -0.490 e. The Morgan fingerprint density at radius 3 is 2.27 bits per heavy atom. The van der Waals surface area contributed by atoms with Crippen LogP contribution in [0.1, 0.15) is 21.5 Å². The van der Waals surface area contributed by atoms with Crippen LogP contribution in [0.25, 0.3) is 0 Å². The van der Waals surface area contributed by atoms with Gasteiger partial charge in [0.05, 0.1) is 6.54 Å². The molecule has 0 bridgehead atoms. The van der Waals surface area contributed by atoms with Crippen molar-refractivity contribution in [3.63, 3.8) is 0 Å². The van der Waals surface area contributed by atoms with Gasteiger partial charge in [-0.05, 0) is 49.2 Å². The number of para-hydroxylation sites is 1. The number of carbonyl (C=O) groups excluding carboxylic acids is 2. The number of aryl methyl sites for hydroxylation is 2. The number of anilines is 1. The minimum absolute atomic E-state index is 0.00454. The van der Waals surface area contributed by atoms with Crippen molar-refractivity contribution in [1.29, 1.82) is 0 Å². The van der Waals surface area contributed by atoms with Crippen LogP contribution in [0.15, 0.2) is 55.1 Å². The van der Waals surface area contributed by atoms with E-state index < -0.39 is 0 Å². The lowest BCUT2D eigenvalue weighted by Crippen LogP contribution is -2.50. The lowest BCUT2D eigenvalue weighted by atomic mass is 10.1. The van der Waals surface area contributed by atoms with E-state index in [0.29, 0.717) is 50.6 Å². The molecule has 2 aromatic rings. The molecule has 6 nitrogen and oxygen atoms in total.